The predicted molar refractivity (Wildman–Crippen MR) is 99.1 cm³/mol. The van der Waals surface area contributed by atoms with Crippen LogP contribution in [0.4, 0.5) is 4.39 Å². The average Bonchev–Trinajstić information content (AvgIpc) is 3.40. The van der Waals surface area contributed by atoms with Gasteiger partial charge in [0.15, 0.2) is 5.96 Å². The van der Waals surface area contributed by atoms with Gasteiger partial charge in [-0.15, -0.1) is 0 Å². The zero-order valence-corrected chi connectivity index (χ0v) is 14.8. The van der Waals surface area contributed by atoms with Crippen LogP contribution in [0, 0.1) is 12.7 Å². The Hall–Kier alpha value is -2.43. The molecule has 2 aromatic rings. The third-order valence-electron chi connectivity index (χ3n) is 4.74. The van der Waals surface area contributed by atoms with Crippen LogP contribution in [-0.4, -0.2) is 24.0 Å². The number of nitrogens with one attached hydrogen (secondary N) is 2. The largest absolute Gasteiger partial charge is 0.357 e. The van der Waals surface area contributed by atoms with Crippen molar-refractivity contribution in [2.45, 2.75) is 38.6 Å². The van der Waals surface area contributed by atoms with Gasteiger partial charge in [0.1, 0.15) is 5.82 Å². The molecule has 0 atom stereocenters. The number of pyridine rings is 1. The van der Waals surface area contributed by atoms with E-state index < -0.39 is 0 Å². The molecule has 5 heteroatoms. The van der Waals surface area contributed by atoms with Crippen molar-refractivity contribution in [2.24, 2.45) is 4.99 Å². The van der Waals surface area contributed by atoms with Crippen LogP contribution in [0.3, 0.4) is 0 Å². The average molecular weight is 340 g/mol. The van der Waals surface area contributed by atoms with Gasteiger partial charge in [-0.25, -0.2) is 9.38 Å². The summed E-state index contributed by atoms with van der Waals surface area (Å²) in [5.74, 6) is 0.628. The van der Waals surface area contributed by atoms with Gasteiger partial charge in [-0.3, -0.25) is 4.98 Å². The van der Waals surface area contributed by atoms with Crippen LogP contribution in [0.2, 0.25) is 0 Å². The number of nitrogens with zero attached hydrogens (tertiary/aromatic N) is 2. The van der Waals surface area contributed by atoms with Gasteiger partial charge >= 0.3 is 0 Å². The number of hydrogen-bond donors (Lipinski definition) is 2. The van der Waals surface area contributed by atoms with Crippen molar-refractivity contribution in [3.63, 3.8) is 0 Å². The first-order valence-electron chi connectivity index (χ1n) is 8.82. The number of benzene rings is 1. The molecule has 1 fully saturated rings. The highest BCUT2D eigenvalue weighted by Gasteiger charge is 2.45. The van der Waals surface area contributed by atoms with Gasteiger partial charge in [-0.2, -0.15) is 0 Å². The first-order chi connectivity index (χ1) is 12.1. The third-order valence-corrected chi connectivity index (χ3v) is 4.74. The summed E-state index contributed by atoms with van der Waals surface area (Å²) in [4.78, 5) is 9.01. The van der Waals surface area contributed by atoms with Crippen LogP contribution >= 0.6 is 0 Å². The lowest BCUT2D eigenvalue weighted by Gasteiger charge is -2.19. The topological polar surface area (TPSA) is 49.3 Å². The fourth-order valence-corrected chi connectivity index (χ4v) is 3.02. The Balaban J connectivity index is 1.67. The second kappa shape index (κ2) is 7.64. The van der Waals surface area contributed by atoms with E-state index in [1.165, 1.54) is 0 Å². The molecule has 1 aliphatic carbocycles. The minimum atomic E-state index is -0.118. The molecular weight excluding hydrogens is 315 g/mol. The molecule has 1 aromatic heterocycles. The molecule has 3 rings (SSSR count). The molecule has 0 saturated heterocycles. The highest BCUT2D eigenvalue weighted by molar-refractivity contribution is 5.80. The monoisotopic (exact) mass is 340 g/mol. The number of aromatic nitrogens is 1. The molecule has 0 amide bonds. The van der Waals surface area contributed by atoms with Crippen LogP contribution in [-0.2, 0) is 12.0 Å². The summed E-state index contributed by atoms with van der Waals surface area (Å²) < 4.78 is 14.1. The van der Waals surface area contributed by atoms with Gasteiger partial charge in [0.25, 0.3) is 0 Å². The Morgan fingerprint density at radius 1 is 1.20 bits per heavy atom. The van der Waals surface area contributed by atoms with Gasteiger partial charge in [0.2, 0.25) is 0 Å². The van der Waals surface area contributed by atoms with Gasteiger partial charge < -0.3 is 10.6 Å². The van der Waals surface area contributed by atoms with Crippen molar-refractivity contribution in [1.29, 1.82) is 0 Å². The zero-order chi connectivity index (χ0) is 17.7. The van der Waals surface area contributed by atoms with E-state index >= 15 is 0 Å². The van der Waals surface area contributed by atoms with Crippen LogP contribution in [0.5, 0.6) is 0 Å². The molecule has 4 nitrogen and oxygen atoms in total. The molecule has 0 spiro atoms. The molecule has 25 heavy (non-hydrogen) atoms. The number of aryl methyl sites for hydroxylation is 1. The Morgan fingerprint density at radius 3 is 2.68 bits per heavy atom. The molecule has 1 aliphatic rings. The summed E-state index contributed by atoms with van der Waals surface area (Å²) in [7, 11) is 0. The van der Waals surface area contributed by atoms with Gasteiger partial charge in [-0.05, 0) is 49.9 Å². The minimum Gasteiger partial charge on any atom is -0.357 e. The maximum absolute atomic E-state index is 14.1. The van der Waals surface area contributed by atoms with Crippen LogP contribution in [0.15, 0.2) is 47.6 Å². The van der Waals surface area contributed by atoms with E-state index in [1.807, 2.05) is 38.1 Å². The summed E-state index contributed by atoms with van der Waals surface area (Å²) in [6.45, 7) is 6.05. The third kappa shape index (κ3) is 4.16. The van der Waals surface area contributed by atoms with Crippen molar-refractivity contribution >= 4 is 5.96 Å². The molecule has 1 aromatic carbocycles. The normalized spacial score (nSPS) is 15.7. The zero-order valence-electron chi connectivity index (χ0n) is 14.8. The number of aliphatic imine (C=N–C) groups is 1. The standard InChI is InChI=1S/C20H25FN4/c1-3-22-19(24-13-18-15(2)7-6-12-23-18)25-14-20(10-11-20)16-8-4-5-9-17(16)21/h4-9,12H,3,10-11,13-14H2,1-2H3,(H2,22,24,25). The second-order valence-electron chi connectivity index (χ2n) is 6.58. The summed E-state index contributed by atoms with van der Waals surface area (Å²) in [5, 5.41) is 6.64. The summed E-state index contributed by atoms with van der Waals surface area (Å²) in [6.07, 6.45) is 3.79. The molecular formula is C20H25FN4. The molecule has 2 N–H and O–H groups in total. The maximum Gasteiger partial charge on any atom is 0.191 e. The molecule has 132 valence electrons. The fourth-order valence-electron chi connectivity index (χ4n) is 3.02. The summed E-state index contributed by atoms with van der Waals surface area (Å²) in [6, 6.07) is 11.0. The lowest BCUT2D eigenvalue weighted by Crippen LogP contribution is -2.41. The SMILES string of the molecule is CCNC(=NCc1ncccc1C)NCC1(c2ccccc2F)CC1. The molecule has 1 saturated carbocycles. The number of hydrogen-bond acceptors (Lipinski definition) is 2. The number of guanidine groups is 1. The van der Waals surface area contributed by atoms with Gasteiger partial charge in [0.05, 0.1) is 12.2 Å². The molecule has 0 unspecified atom stereocenters. The van der Waals surface area contributed by atoms with E-state index in [2.05, 4.69) is 20.6 Å². The highest BCUT2D eigenvalue weighted by Crippen LogP contribution is 2.48. The van der Waals surface area contributed by atoms with Crippen molar-refractivity contribution in [2.75, 3.05) is 13.1 Å². The van der Waals surface area contributed by atoms with Crippen LogP contribution in [0.25, 0.3) is 0 Å². The van der Waals surface area contributed by atoms with Crippen molar-refractivity contribution in [1.82, 2.24) is 15.6 Å². The van der Waals surface area contributed by atoms with Crippen LogP contribution in [0.1, 0.15) is 36.6 Å². The number of halogens is 1. The van der Waals surface area contributed by atoms with E-state index in [4.69, 9.17) is 0 Å². The number of rotatable bonds is 6. The lowest BCUT2D eigenvalue weighted by atomic mass is 9.95. The van der Waals surface area contributed by atoms with E-state index in [1.54, 1.807) is 18.3 Å². The molecule has 0 radical (unpaired) electrons. The fraction of sp³-hybridized carbons (Fsp3) is 0.400. The first-order valence-corrected chi connectivity index (χ1v) is 8.82. The Labute approximate surface area is 148 Å². The Kier molecular flexibility index (Phi) is 5.31. The van der Waals surface area contributed by atoms with Crippen molar-refractivity contribution in [3.05, 3.63) is 65.2 Å². The van der Waals surface area contributed by atoms with E-state index in [0.717, 1.165) is 42.2 Å². The summed E-state index contributed by atoms with van der Waals surface area (Å²) >= 11 is 0. The smallest absolute Gasteiger partial charge is 0.191 e. The van der Waals surface area contributed by atoms with Gasteiger partial charge in [0, 0.05) is 24.7 Å². The Morgan fingerprint density at radius 2 is 2.00 bits per heavy atom. The van der Waals surface area contributed by atoms with Crippen molar-refractivity contribution < 1.29 is 4.39 Å². The second-order valence-corrected chi connectivity index (χ2v) is 6.58. The summed E-state index contributed by atoms with van der Waals surface area (Å²) in [5.41, 5.74) is 2.80. The van der Waals surface area contributed by atoms with Gasteiger partial charge in [-0.1, -0.05) is 24.3 Å². The van der Waals surface area contributed by atoms with E-state index in [-0.39, 0.29) is 11.2 Å². The lowest BCUT2D eigenvalue weighted by molar-refractivity contribution is 0.559. The Bertz CT molecular complexity index is 753. The molecule has 0 bridgehead atoms. The highest BCUT2D eigenvalue weighted by atomic mass is 19.1. The van der Waals surface area contributed by atoms with E-state index in [0.29, 0.717) is 13.1 Å². The quantitative estimate of drug-likeness (QED) is 0.626. The molecule has 0 aliphatic heterocycles. The maximum atomic E-state index is 14.1. The predicted octanol–water partition coefficient (Wildman–Crippen LogP) is 3.32. The first kappa shape index (κ1) is 17.4. The minimum absolute atomic E-state index is 0.109. The molecule has 1 heterocycles. The van der Waals surface area contributed by atoms with Crippen molar-refractivity contribution in [3.8, 4) is 0 Å². The van der Waals surface area contributed by atoms with E-state index in [9.17, 15) is 4.39 Å². The van der Waals surface area contributed by atoms with Crippen LogP contribution < -0.4 is 10.6 Å².